The molecule has 0 aliphatic heterocycles. The van der Waals surface area contributed by atoms with Crippen molar-refractivity contribution in [1.29, 1.82) is 0 Å². The number of hydrogen-bond donors (Lipinski definition) is 1. The minimum absolute atomic E-state index is 0.0124. The molecule has 0 aromatic heterocycles. The molecule has 0 radical (unpaired) electrons. The van der Waals surface area contributed by atoms with Crippen LogP contribution in [0.5, 0.6) is 0 Å². The van der Waals surface area contributed by atoms with E-state index in [2.05, 4.69) is 0 Å². The number of rotatable bonds is 5. The third-order valence-corrected chi connectivity index (χ3v) is 2.42. The van der Waals surface area contributed by atoms with Crippen LogP contribution < -0.4 is 0 Å². The number of ether oxygens (including phenoxy) is 1. The third-order valence-electron chi connectivity index (χ3n) is 2.42. The van der Waals surface area contributed by atoms with E-state index in [9.17, 15) is 15.2 Å². The zero-order valence-electron chi connectivity index (χ0n) is 9.29. The Bertz CT molecular complexity index is 367. The fourth-order valence-electron chi connectivity index (χ4n) is 1.39. The second kappa shape index (κ2) is 5.58. The van der Waals surface area contributed by atoms with E-state index in [4.69, 9.17) is 4.74 Å². The highest BCUT2D eigenvalue weighted by Crippen LogP contribution is 2.23. The van der Waals surface area contributed by atoms with Crippen molar-refractivity contribution in [2.75, 3.05) is 7.11 Å². The number of nitrogens with zero attached hydrogens (tertiary/aromatic N) is 1. The van der Waals surface area contributed by atoms with Gasteiger partial charge in [0.2, 0.25) is 0 Å². The molecule has 0 aliphatic rings. The molecule has 5 nitrogen and oxygen atoms in total. The molecule has 0 heterocycles. The van der Waals surface area contributed by atoms with E-state index >= 15 is 0 Å². The van der Waals surface area contributed by atoms with Crippen LogP contribution in [0.15, 0.2) is 24.3 Å². The topological polar surface area (TPSA) is 72.6 Å². The van der Waals surface area contributed by atoms with Gasteiger partial charge in [0.1, 0.15) is 0 Å². The van der Waals surface area contributed by atoms with E-state index in [1.54, 1.807) is 19.2 Å². The number of hydrogen-bond acceptors (Lipinski definition) is 4. The molecule has 0 saturated heterocycles. The average molecular weight is 225 g/mol. The Morgan fingerprint density at radius 1 is 1.56 bits per heavy atom. The van der Waals surface area contributed by atoms with Crippen molar-refractivity contribution in [1.82, 2.24) is 0 Å². The zero-order valence-corrected chi connectivity index (χ0v) is 9.29. The minimum atomic E-state index is -0.741. The summed E-state index contributed by atoms with van der Waals surface area (Å²) in [5, 5.41) is 20.4. The summed E-state index contributed by atoms with van der Waals surface area (Å²) in [6.45, 7) is 1.83. The van der Waals surface area contributed by atoms with Crippen LogP contribution in [-0.2, 0) is 4.74 Å². The molecule has 0 amide bonds. The van der Waals surface area contributed by atoms with Gasteiger partial charge in [-0.2, -0.15) is 0 Å². The molecule has 2 atom stereocenters. The van der Waals surface area contributed by atoms with Gasteiger partial charge in [-0.25, -0.2) is 0 Å². The summed E-state index contributed by atoms with van der Waals surface area (Å²) < 4.78 is 5.03. The third kappa shape index (κ3) is 3.29. The van der Waals surface area contributed by atoms with Gasteiger partial charge in [-0.05, 0) is 12.5 Å². The van der Waals surface area contributed by atoms with E-state index in [0.29, 0.717) is 12.0 Å². The van der Waals surface area contributed by atoms with Crippen LogP contribution in [0.1, 0.15) is 25.0 Å². The quantitative estimate of drug-likeness (QED) is 0.614. The number of aliphatic hydroxyl groups excluding tert-OH is 1. The van der Waals surface area contributed by atoms with Crippen molar-refractivity contribution in [3.8, 4) is 0 Å². The van der Waals surface area contributed by atoms with Gasteiger partial charge in [0.05, 0.1) is 17.1 Å². The summed E-state index contributed by atoms with van der Waals surface area (Å²) in [7, 11) is 1.56. The van der Waals surface area contributed by atoms with Gasteiger partial charge in [-0.1, -0.05) is 12.1 Å². The molecule has 88 valence electrons. The van der Waals surface area contributed by atoms with Crippen LogP contribution in [0.4, 0.5) is 5.69 Å². The molecule has 0 aliphatic carbocycles. The highest BCUT2D eigenvalue weighted by Gasteiger charge is 2.14. The molecule has 0 spiro atoms. The van der Waals surface area contributed by atoms with Crippen LogP contribution in [0, 0.1) is 10.1 Å². The fraction of sp³-hybridized carbons (Fsp3) is 0.455. The van der Waals surface area contributed by atoms with E-state index in [0.717, 1.165) is 0 Å². The predicted octanol–water partition coefficient (Wildman–Crippen LogP) is 2.05. The Kier molecular flexibility index (Phi) is 4.39. The standard InChI is InChI=1S/C11H15NO4/c1-8(16-2)6-11(13)9-4-3-5-10(7-9)12(14)15/h3-5,7-8,11,13H,6H2,1-2H3. The highest BCUT2D eigenvalue weighted by molar-refractivity contribution is 5.35. The van der Waals surface area contributed by atoms with Crippen LogP contribution in [0.3, 0.4) is 0 Å². The van der Waals surface area contributed by atoms with Gasteiger partial charge < -0.3 is 9.84 Å². The van der Waals surface area contributed by atoms with Gasteiger partial charge in [0, 0.05) is 25.7 Å². The molecular formula is C11H15NO4. The maximum atomic E-state index is 10.6. The molecule has 2 unspecified atom stereocenters. The van der Waals surface area contributed by atoms with Crippen molar-refractivity contribution < 1.29 is 14.8 Å². The molecule has 1 aromatic carbocycles. The largest absolute Gasteiger partial charge is 0.388 e. The number of nitro groups is 1. The summed E-state index contributed by atoms with van der Waals surface area (Å²) in [6.07, 6.45) is -0.415. The maximum absolute atomic E-state index is 10.6. The Balaban J connectivity index is 2.79. The summed E-state index contributed by atoms with van der Waals surface area (Å²) in [5.41, 5.74) is 0.528. The number of nitro benzene ring substituents is 1. The average Bonchev–Trinajstić information content (AvgIpc) is 2.28. The second-order valence-electron chi connectivity index (χ2n) is 3.65. The number of methoxy groups -OCH3 is 1. The van der Waals surface area contributed by atoms with Crippen LogP contribution in [0.25, 0.3) is 0 Å². The second-order valence-corrected chi connectivity index (χ2v) is 3.65. The number of non-ortho nitro benzene ring substituents is 1. The van der Waals surface area contributed by atoms with Crippen molar-refractivity contribution in [2.45, 2.75) is 25.6 Å². The van der Waals surface area contributed by atoms with Gasteiger partial charge in [0.25, 0.3) is 5.69 Å². The van der Waals surface area contributed by atoms with Crippen molar-refractivity contribution in [3.63, 3.8) is 0 Å². The Morgan fingerprint density at radius 3 is 2.81 bits per heavy atom. The maximum Gasteiger partial charge on any atom is 0.269 e. The first kappa shape index (κ1) is 12.6. The normalized spacial score (nSPS) is 14.4. The Hall–Kier alpha value is -1.46. The molecule has 0 bridgehead atoms. The molecular weight excluding hydrogens is 210 g/mol. The first-order chi connectivity index (χ1) is 7.54. The van der Waals surface area contributed by atoms with E-state index in [-0.39, 0.29) is 11.8 Å². The molecule has 1 aromatic rings. The van der Waals surface area contributed by atoms with Crippen LogP contribution >= 0.6 is 0 Å². The predicted molar refractivity (Wildman–Crippen MR) is 59.1 cm³/mol. The summed E-state index contributed by atoms with van der Waals surface area (Å²) in [6, 6.07) is 6.01. The molecule has 1 rings (SSSR count). The van der Waals surface area contributed by atoms with Gasteiger partial charge >= 0.3 is 0 Å². The SMILES string of the molecule is COC(C)CC(O)c1cccc([N+](=O)[O-])c1. The molecule has 1 N–H and O–H groups in total. The van der Waals surface area contributed by atoms with Gasteiger partial charge in [0.15, 0.2) is 0 Å². The lowest BCUT2D eigenvalue weighted by molar-refractivity contribution is -0.385. The van der Waals surface area contributed by atoms with Crippen molar-refractivity contribution in [3.05, 3.63) is 39.9 Å². The molecule has 16 heavy (non-hydrogen) atoms. The smallest absolute Gasteiger partial charge is 0.269 e. The summed E-state index contributed by atoms with van der Waals surface area (Å²) in [5.74, 6) is 0. The van der Waals surface area contributed by atoms with E-state index in [1.807, 2.05) is 6.92 Å². The number of benzene rings is 1. The van der Waals surface area contributed by atoms with E-state index in [1.165, 1.54) is 12.1 Å². The minimum Gasteiger partial charge on any atom is -0.388 e. The lowest BCUT2D eigenvalue weighted by Crippen LogP contribution is -2.11. The summed E-state index contributed by atoms with van der Waals surface area (Å²) >= 11 is 0. The molecule has 0 fully saturated rings. The Labute approximate surface area is 93.8 Å². The molecule has 5 heteroatoms. The van der Waals surface area contributed by atoms with Crippen molar-refractivity contribution in [2.24, 2.45) is 0 Å². The monoisotopic (exact) mass is 225 g/mol. The first-order valence-corrected chi connectivity index (χ1v) is 4.99. The Morgan fingerprint density at radius 2 is 2.25 bits per heavy atom. The lowest BCUT2D eigenvalue weighted by atomic mass is 10.0. The van der Waals surface area contributed by atoms with E-state index < -0.39 is 11.0 Å². The first-order valence-electron chi connectivity index (χ1n) is 4.99. The highest BCUT2D eigenvalue weighted by atomic mass is 16.6. The van der Waals surface area contributed by atoms with Crippen LogP contribution in [-0.4, -0.2) is 23.2 Å². The fourth-order valence-corrected chi connectivity index (χ4v) is 1.39. The number of aliphatic hydroxyl groups is 1. The lowest BCUT2D eigenvalue weighted by Gasteiger charge is -2.15. The zero-order chi connectivity index (χ0) is 12.1. The summed E-state index contributed by atoms with van der Waals surface area (Å²) in [4.78, 5) is 10.1. The van der Waals surface area contributed by atoms with Crippen LogP contribution in [0.2, 0.25) is 0 Å². The molecule has 0 saturated carbocycles. The van der Waals surface area contributed by atoms with Crippen molar-refractivity contribution >= 4 is 5.69 Å². The van der Waals surface area contributed by atoms with Gasteiger partial charge in [-0.3, -0.25) is 10.1 Å². The van der Waals surface area contributed by atoms with Gasteiger partial charge in [-0.15, -0.1) is 0 Å².